The van der Waals surface area contributed by atoms with E-state index in [1.165, 1.54) is 18.2 Å². The zero-order chi connectivity index (χ0) is 16.8. The Kier molecular flexibility index (Phi) is 5.51. The largest absolute Gasteiger partial charge is 0.478 e. The molecular formula is C17H20N2O4. The number of nitrogens with zero attached hydrogens (tertiary/aromatic N) is 1. The molecule has 0 bridgehead atoms. The van der Waals surface area contributed by atoms with Gasteiger partial charge in [0.15, 0.2) is 0 Å². The van der Waals surface area contributed by atoms with Gasteiger partial charge in [-0.1, -0.05) is 12.1 Å². The second-order valence-electron chi connectivity index (χ2n) is 5.50. The first-order valence-corrected chi connectivity index (χ1v) is 7.53. The molecule has 1 heterocycles. The van der Waals surface area contributed by atoms with E-state index in [4.69, 9.17) is 5.11 Å². The molecule has 1 unspecified atom stereocenters. The third-order valence-corrected chi connectivity index (χ3v) is 3.93. The molecular weight excluding hydrogens is 296 g/mol. The van der Waals surface area contributed by atoms with Crippen LogP contribution in [0.15, 0.2) is 30.3 Å². The van der Waals surface area contributed by atoms with Crippen molar-refractivity contribution in [2.75, 3.05) is 20.1 Å². The number of carboxylic acids is 1. The van der Waals surface area contributed by atoms with Gasteiger partial charge in [-0.3, -0.25) is 9.59 Å². The molecule has 2 amide bonds. The van der Waals surface area contributed by atoms with E-state index in [0.717, 1.165) is 18.4 Å². The number of hydrogen-bond acceptors (Lipinski definition) is 3. The van der Waals surface area contributed by atoms with Gasteiger partial charge in [0, 0.05) is 26.2 Å². The van der Waals surface area contributed by atoms with E-state index in [2.05, 4.69) is 5.32 Å². The lowest BCUT2D eigenvalue weighted by molar-refractivity contribution is -0.131. The van der Waals surface area contributed by atoms with Crippen LogP contribution in [0.4, 0.5) is 0 Å². The Labute approximate surface area is 134 Å². The van der Waals surface area contributed by atoms with Gasteiger partial charge in [0.25, 0.3) is 0 Å². The third kappa shape index (κ3) is 4.42. The summed E-state index contributed by atoms with van der Waals surface area (Å²) < 4.78 is 0. The fourth-order valence-corrected chi connectivity index (χ4v) is 2.61. The van der Waals surface area contributed by atoms with Crippen LogP contribution in [0.2, 0.25) is 0 Å². The first-order valence-electron chi connectivity index (χ1n) is 7.53. The van der Waals surface area contributed by atoms with Gasteiger partial charge < -0.3 is 15.3 Å². The smallest absolute Gasteiger partial charge is 0.335 e. The summed E-state index contributed by atoms with van der Waals surface area (Å²) in [6, 6.07) is 6.29. The van der Waals surface area contributed by atoms with Gasteiger partial charge in [0.1, 0.15) is 0 Å². The Morgan fingerprint density at radius 1 is 1.26 bits per heavy atom. The minimum atomic E-state index is -0.981. The van der Waals surface area contributed by atoms with Gasteiger partial charge in [-0.05, 0) is 36.6 Å². The number of rotatable bonds is 4. The number of carbonyl (C=O) groups is 3. The predicted molar refractivity (Wildman–Crippen MR) is 85.8 cm³/mol. The summed E-state index contributed by atoms with van der Waals surface area (Å²) in [5, 5.41) is 11.5. The number of amides is 2. The Bertz CT molecular complexity index is 622. The van der Waals surface area contributed by atoms with Crippen molar-refractivity contribution in [3.63, 3.8) is 0 Å². The highest BCUT2D eigenvalue weighted by atomic mass is 16.4. The molecule has 2 N–H and O–H groups in total. The molecule has 2 rings (SSSR count). The fraction of sp³-hybridized carbons (Fsp3) is 0.353. The predicted octanol–water partition coefficient (Wildman–Crippen LogP) is 1.38. The lowest BCUT2D eigenvalue weighted by Crippen LogP contribution is -2.44. The number of carboxylic acid groups (broad SMARTS) is 1. The highest BCUT2D eigenvalue weighted by Gasteiger charge is 2.26. The molecule has 6 heteroatoms. The quantitative estimate of drug-likeness (QED) is 0.822. The summed E-state index contributed by atoms with van der Waals surface area (Å²) in [5.41, 5.74) is 0.959. The van der Waals surface area contributed by atoms with Crippen LogP contribution in [0.3, 0.4) is 0 Å². The van der Waals surface area contributed by atoms with Gasteiger partial charge in [-0.25, -0.2) is 4.79 Å². The molecule has 0 radical (unpaired) electrons. The van der Waals surface area contributed by atoms with Crippen LogP contribution >= 0.6 is 0 Å². The van der Waals surface area contributed by atoms with E-state index in [1.54, 1.807) is 30.2 Å². The molecule has 122 valence electrons. The fourth-order valence-electron chi connectivity index (χ4n) is 2.61. The molecule has 23 heavy (non-hydrogen) atoms. The number of nitrogens with one attached hydrogen (secondary N) is 1. The Hall–Kier alpha value is -2.63. The van der Waals surface area contributed by atoms with Crippen molar-refractivity contribution in [1.82, 2.24) is 10.2 Å². The normalized spacial score (nSPS) is 18.0. The second-order valence-corrected chi connectivity index (χ2v) is 5.50. The summed E-state index contributed by atoms with van der Waals surface area (Å²) in [6.07, 6.45) is 4.72. The molecule has 6 nitrogen and oxygen atoms in total. The van der Waals surface area contributed by atoms with Crippen LogP contribution in [-0.4, -0.2) is 47.9 Å². The Morgan fingerprint density at radius 3 is 2.57 bits per heavy atom. The van der Waals surface area contributed by atoms with Crippen molar-refractivity contribution in [2.24, 2.45) is 5.92 Å². The van der Waals surface area contributed by atoms with Crippen LogP contribution < -0.4 is 5.32 Å². The van der Waals surface area contributed by atoms with Crippen LogP contribution in [0.1, 0.15) is 28.8 Å². The number of benzene rings is 1. The molecule has 0 aliphatic carbocycles. The molecule has 1 aliphatic rings. The molecule has 1 fully saturated rings. The maximum Gasteiger partial charge on any atom is 0.335 e. The van der Waals surface area contributed by atoms with Gasteiger partial charge in [0.2, 0.25) is 11.8 Å². The zero-order valence-corrected chi connectivity index (χ0v) is 13.0. The first kappa shape index (κ1) is 16.7. The maximum absolute atomic E-state index is 12.2. The van der Waals surface area contributed by atoms with Crippen molar-refractivity contribution in [3.05, 3.63) is 41.5 Å². The van der Waals surface area contributed by atoms with Crippen molar-refractivity contribution < 1.29 is 19.5 Å². The zero-order valence-electron chi connectivity index (χ0n) is 13.0. The first-order chi connectivity index (χ1) is 11.0. The molecule has 1 aliphatic heterocycles. The average molecular weight is 316 g/mol. The maximum atomic E-state index is 12.2. The SMILES string of the molecule is CNC(=O)C1CCCN(C(=O)C=Cc2ccc(C(=O)O)cc2)C1. The van der Waals surface area contributed by atoms with Gasteiger partial charge in [0.05, 0.1) is 11.5 Å². The van der Waals surface area contributed by atoms with Gasteiger partial charge in [-0.15, -0.1) is 0 Å². The monoisotopic (exact) mass is 316 g/mol. The summed E-state index contributed by atoms with van der Waals surface area (Å²) in [4.78, 5) is 36.4. The Balaban J connectivity index is 1.97. The highest BCUT2D eigenvalue weighted by Crippen LogP contribution is 2.17. The van der Waals surface area contributed by atoms with E-state index >= 15 is 0 Å². The van der Waals surface area contributed by atoms with Crippen LogP contribution in [0, 0.1) is 5.92 Å². The van der Waals surface area contributed by atoms with Crippen LogP contribution in [-0.2, 0) is 9.59 Å². The van der Waals surface area contributed by atoms with Crippen molar-refractivity contribution in [1.29, 1.82) is 0 Å². The lowest BCUT2D eigenvalue weighted by Gasteiger charge is -2.31. The number of likely N-dealkylation sites (tertiary alicyclic amines) is 1. The minimum absolute atomic E-state index is 0.0317. The molecule has 0 saturated carbocycles. The number of hydrogen-bond donors (Lipinski definition) is 2. The molecule has 1 aromatic carbocycles. The highest BCUT2D eigenvalue weighted by molar-refractivity contribution is 5.93. The number of piperidine rings is 1. The summed E-state index contributed by atoms with van der Waals surface area (Å²) in [5.74, 6) is -1.30. The van der Waals surface area contributed by atoms with E-state index < -0.39 is 5.97 Å². The molecule has 1 saturated heterocycles. The average Bonchev–Trinajstić information content (AvgIpc) is 2.59. The van der Waals surface area contributed by atoms with Crippen molar-refractivity contribution in [2.45, 2.75) is 12.8 Å². The van der Waals surface area contributed by atoms with E-state index in [1.807, 2.05) is 0 Å². The molecule has 0 aromatic heterocycles. The van der Waals surface area contributed by atoms with Crippen LogP contribution in [0.25, 0.3) is 6.08 Å². The number of carbonyl (C=O) groups excluding carboxylic acids is 2. The van der Waals surface area contributed by atoms with Gasteiger partial charge in [-0.2, -0.15) is 0 Å². The lowest BCUT2D eigenvalue weighted by atomic mass is 9.97. The Morgan fingerprint density at radius 2 is 1.96 bits per heavy atom. The van der Waals surface area contributed by atoms with E-state index in [9.17, 15) is 14.4 Å². The van der Waals surface area contributed by atoms with Crippen molar-refractivity contribution in [3.8, 4) is 0 Å². The second kappa shape index (κ2) is 7.58. The minimum Gasteiger partial charge on any atom is -0.478 e. The van der Waals surface area contributed by atoms with Crippen LogP contribution in [0.5, 0.6) is 0 Å². The number of aromatic carboxylic acids is 1. The third-order valence-electron chi connectivity index (χ3n) is 3.93. The van der Waals surface area contributed by atoms with Crippen molar-refractivity contribution >= 4 is 23.9 Å². The molecule has 0 spiro atoms. The summed E-state index contributed by atoms with van der Waals surface area (Å²) >= 11 is 0. The standard InChI is InChI=1S/C17H20N2O4/c1-18-16(21)14-3-2-10-19(11-14)15(20)9-6-12-4-7-13(8-5-12)17(22)23/h4-9,14H,2-3,10-11H2,1H3,(H,18,21)(H,22,23). The summed E-state index contributed by atoms with van der Waals surface area (Å²) in [7, 11) is 1.60. The topological polar surface area (TPSA) is 86.7 Å². The van der Waals surface area contributed by atoms with E-state index in [0.29, 0.717) is 13.1 Å². The van der Waals surface area contributed by atoms with Gasteiger partial charge >= 0.3 is 5.97 Å². The van der Waals surface area contributed by atoms with E-state index in [-0.39, 0.29) is 23.3 Å². The molecule has 1 atom stereocenters. The summed E-state index contributed by atoms with van der Waals surface area (Å²) in [6.45, 7) is 1.08. The molecule has 1 aromatic rings.